The average molecular weight is 483 g/mol. The normalized spacial score (nSPS) is 14.5. The quantitative estimate of drug-likeness (QED) is 0.541. The van der Waals surface area contributed by atoms with Crippen LogP contribution in [0.15, 0.2) is 42.5 Å². The molecular formula is C28H38N2O5. The molecule has 0 saturated carbocycles. The van der Waals surface area contributed by atoms with Crippen LogP contribution in [0.5, 0.6) is 5.75 Å². The van der Waals surface area contributed by atoms with E-state index < -0.39 is 5.60 Å². The molecular weight excluding hydrogens is 444 g/mol. The summed E-state index contributed by atoms with van der Waals surface area (Å²) in [5.74, 6) is 1.17. The number of benzene rings is 2. The molecule has 1 saturated heterocycles. The van der Waals surface area contributed by atoms with Gasteiger partial charge in [0, 0.05) is 45.4 Å². The van der Waals surface area contributed by atoms with Crippen molar-refractivity contribution in [1.82, 2.24) is 9.80 Å². The van der Waals surface area contributed by atoms with Gasteiger partial charge in [-0.05, 0) is 74.9 Å². The highest BCUT2D eigenvalue weighted by Crippen LogP contribution is 2.29. The van der Waals surface area contributed by atoms with E-state index in [1.165, 1.54) is 0 Å². The summed E-state index contributed by atoms with van der Waals surface area (Å²) in [6.07, 6.45) is 1.53. The summed E-state index contributed by atoms with van der Waals surface area (Å²) in [7, 11) is 5.16. The number of carbonyl (C=O) groups is 2. The minimum absolute atomic E-state index is 0.0164. The van der Waals surface area contributed by atoms with Gasteiger partial charge in [0.25, 0.3) is 5.91 Å². The van der Waals surface area contributed by atoms with Crippen molar-refractivity contribution in [2.45, 2.75) is 45.8 Å². The van der Waals surface area contributed by atoms with E-state index in [4.69, 9.17) is 14.2 Å². The van der Waals surface area contributed by atoms with Gasteiger partial charge in [0.1, 0.15) is 11.4 Å². The van der Waals surface area contributed by atoms with Crippen molar-refractivity contribution in [3.63, 3.8) is 0 Å². The summed E-state index contributed by atoms with van der Waals surface area (Å²) < 4.78 is 17.1. The Hall–Kier alpha value is -3.06. The predicted octanol–water partition coefficient (Wildman–Crippen LogP) is 5.23. The molecule has 0 atom stereocenters. The third-order valence-electron chi connectivity index (χ3n) is 5.97. The lowest BCUT2D eigenvalue weighted by Gasteiger charge is -2.33. The van der Waals surface area contributed by atoms with Crippen molar-refractivity contribution in [3.05, 3.63) is 53.6 Å². The topological polar surface area (TPSA) is 68.3 Å². The van der Waals surface area contributed by atoms with E-state index in [0.717, 1.165) is 35.3 Å². The van der Waals surface area contributed by atoms with Gasteiger partial charge in [-0.2, -0.15) is 0 Å². The molecule has 0 N–H and O–H groups in total. The van der Waals surface area contributed by atoms with Crippen LogP contribution in [0.25, 0.3) is 11.1 Å². The number of ether oxygens (including phenoxy) is 3. The molecule has 2 aromatic rings. The Kier molecular flexibility index (Phi) is 8.78. The van der Waals surface area contributed by atoms with Gasteiger partial charge in [0.05, 0.1) is 13.2 Å². The minimum Gasteiger partial charge on any atom is -0.493 e. The van der Waals surface area contributed by atoms with E-state index in [9.17, 15) is 9.59 Å². The second-order valence-electron chi connectivity index (χ2n) is 10.3. The van der Waals surface area contributed by atoms with Crippen molar-refractivity contribution in [2.24, 2.45) is 5.92 Å². The zero-order valence-electron chi connectivity index (χ0n) is 21.8. The molecule has 0 radical (unpaired) electrons. The Labute approximate surface area is 209 Å². The van der Waals surface area contributed by atoms with Gasteiger partial charge < -0.3 is 24.0 Å². The van der Waals surface area contributed by atoms with Gasteiger partial charge in [-0.1, -0.05) is 18.2 Å². The first-order valence-electron chi connectivity index (χ1n) is 12.1. The van der Waals surface area contributed by atoms with E-state index in [1.807, 2.05) is 57.2 Å². The lowest BCUT2D eigenvalue weighted by molar-refractivity contribution is 0.0164. The van der Waals surface area contributed by atoms with Crippen LogP contribution in [-0.4, -0.2) is 68.3 Å². The van der Waals surface area contributed by atoms with E-state index >= 15 is 0 Å². The zero-order chi connectivity index (χ0) is 25.6. The molecule has 35 heavy (non-hydrogen) atoms. The minimum atomic E-state index is -0.480. The Bertz CT molecular complexity index is 1000. The standard InChI is InChI=1S/C28H38N2O5/c1-28(2,3)35-27(32)30-15-13-20(14-16-30)18-34-25-12-11-23(17-24(25)19-33-6)21-7-9-22(10-8-21)26(31)29(4)5/h7-12,17,20H,13-16,18-19H2,1-6H3. The van der Waals surface area contributed by atoms with Crippen LogP contribution in [0, 0.1) is 5.92 Å². The summed E-state index contributed by atoms with van der Waals surface area (Å²) in [6.45, 7) is 8.05. The highest BCUT2D eigenvalue weighted by molar-refractivity contribution is 5.94. The molecule has 0 aliphatic carbocycles. The second kappa shape index (κ2) is 11.6. The lowest BCUT2D eigenvalue weighted by Crippen LogP contribution is -2.42. The Morgan fingerprint density at radius 1 is 1.00 bits per heavy atom. The number of hydrogen-bond acceptors (Lipinski definition) is 5. The fourth-order valence-corrected chi connectivity index (χ4v) is 4.05. The molecule has 1 aliphatic heterocycles. The first-order chi connectivity index (χ1) is 16.6. The molecule has 7 nitrogen and oxygen atoms in total. The molecule has 1 aliphatic rings. The SMILES string of the molecule is COCc1cc(-c2ccc(C(=O)N(C)C)cc2)ccc1OCC1CCN(C(=O)OC(C)(C)C)CC1. The average Bonchev–Trinajstić information content (AvgIpc) is 2.82. The number of nitrogens with zero attached hydrogens (tertiary/aromatic N) is 2. The first kappa shape index (κ1) is 26.5. The Balaban J connectivity index is 1.61. The van der Waals surface area contributed by atoms with E-state index in [0.29, 0.717) is 37.8 Å². The molecule has 2 amide bonds. The molecule has 2 aromatic carbocycles. The third-order valence-corrected chi connectivity index (χ3v) is 5.97. The van der Waals surface area contributed by atoms with Gasteiger partial charge in [-0.25, -0.2) is 4.79 Å². The number of likely N-dealkylation sites (tertiary alicyclic amines) is 1. The van der Waals surface area contributed by atoms with E-state index in [2.05, 4.69) is 6.07 Å². The van der Waals surface area contributed by atoms with Gasteiger partial charge in [-0.3, -0.25) is 4.79 Å². The Morgan fingerprint density at radius 2 is 1.63 bits per heavy atom. The van der Waals surface area contributed by atoms with Crippen molar-refractivity contribution < 1.29 is 23.8 Å². The van der Waals surface area contributed by atoms with Crippen LogP contribution in [0.4, 0.5) is 4.79 Å². The Morgan fingerprint density at radius 3 is 2.20 bits per heavy atom. The monoisotopic (exact) mass is 482 g/mol. The maximum absolute atomic E-state index is 12.3. The summed E-state index contributed by atoms with van der Waals surface area (Å²) in [6, 6.07) is 13.7. The summed E-state index contributed by atoms with van der Waals surface area (Å²) in [4.78, 5) is 27.8. The molecule has 190 valence electrons. The third kappa shape index (κ3) is 7.46. The van der Waals surface area contributed by atoms with Crippen LogP contribution in [0.3, 0.4) is 0 Å². The smallest absolute Gasteiger partial charge is 0.410 e. The van der Waals surface area contributed by atoms with E-state index in [1.54, 1.807) is 31.0 Å². The fourth-order valence-electron chi connectivity index (χ4n) is 4.05. The molecule has 0 aromatic heterocycles. The van der Waals surface area contributed by atoms with Crippen molar-refractivity contribution >= 4 is 12.0 Å². The fraction of sp³-hybridized carbons (Fsp3) is 0.500. The van der Waals surface area contributed by atoms with Crippen LogP contribution < -0.4 is 4.74 Å². The first-order valence-corrected chi connectivity index (χ1v) is 12.1. The summed E-state index contributed by atoms with van der Waals surface area (Å²) >= 11 is 0. The van der Waals surface area contributed by atoms with Crippen LogP contribution in [-0.2, 0) is 16.1 Å². The number of amides is 2. The molecule has 0 unspecified atom stereocenters. The lowest BCUT2D eigenvalue weighted by atomic mass is 9.98. The maximum Gasteiger partial charge on any atom is 0.410 e. The highest BCUT2D eigenvalue weighted by Gasteiger charge is 2.27. The van der Waals surface area contributed by atoms with E-state index in [-0.39, 0.29) is 12.0 Å². The van der Waals surface area contributed by atoms with Gasteiger partial charge in [0.2, 0.25) is 0 Å². The molecule has 1 fully saturated rings. The second-order valence-corrected chi connectivity index (χ2v) is 10.3. The molecule has 0 bridgehead atoms. The van der Waals surface area contributed by atoms with Crippen molar-refractivity contribution in [1.29, 1.82) is 0 Å². The molecule has 0 spiro atoms. The number of methoxy groups -OCH3 is 1. The van der Waals surface area contributed by atoms with Crippen LogP contribution in [0.2, 0.25) is 0 Å². The number of piperidine rings is 1. The maximum atomic E-state index is 12.3. The summed E-state index contributed by atoms with van der Waals surface area (Å²) in [5, 5.41) is 0. The molecule has 7 heteroatoms. The van der Waals surface area contributed by atoms with Gasteiger partial charge in [-0.15, -0.1) is 0 Å². The van der Waals surface area contributed by atoms with Gasteiger partial charge in [0.15, 0.2) is 0 Å². The number of rotatable bonds is 7. The van der Waals surface area contributed by atoms with Crippen molar-refractivity contribution in [2.75, 3.05) is 40.9 Å². The zero-order valence-corrected chi connectivity index (χ0v) is 21.8. The van der Waals surface area contributed by atoms with Crippen LogP contribution >= 0.6 is 0 Å². The largest absolute Gasteiger partial charge is 0.493 e. The highest BCUT2D eigenvalue weighted by atomic mass is 16.6. The number of carbonyl (C=O) groups excluding carboxylic acids is 2. The van der Waals surface area contributed by atoms with Crippen molar-refractivity contribution in [3.8, 4) is 16.9 Å². The summed E-state index contributed by atoms with van der Waals surface area (Å²) in [5.41, 5.74) is 3.22. The van der Waals surface area contributed by atoms with Crippen LogP contribution in [0.1, 0.15) is 49.5 Å². The molecule has 1 heterocycles. The predicted molar refractivity (Wildman–Crippen MR) is 137 cm³/mol. The number of hydrogen-bond donors (Lipinski definition) is 0. The van der Waals surface area contributed by atoms with Gasteiger partial charge >= 0.3 is 6.09 Å². The molecule has 3 rings (SSSR count).